The Morgan fingerprint density at radius 1 is 1.11 bits per heavy atom. The van der Waals surface area contributed by atoms with Gasteiger partial charge in [-0.3, -0.25) is 9.58 Å². The minimum absolute atomic E-state index is 0.116. The SMILES string of the molecule is OCc1cc(OC2CCN(C3CC(n4cc(-c5ncnc6[nH]ccc56)cn4)C3)CC2)nc(C(F)(F)F)n1. The van der Waals surface area contributed by atoms with E-state index in [4.69, 9.17) is 4.74 Å². The van der Waals surface area contributed by atoms with E-state index >= 15 is 0 Å². The number of likely N-dealkylation sites (tertiary alicyclic amines) is 1. The fourth-order valence-electron chi connectivity index (χ4n) is 5.11. The lowest BCUT2D eigenvalue weighted by Crippen LogP contribution is -2.50. The number of nitrogens with zero attached hydrogens (tertiary/aromatic N) is 7. The molecule has 0 radical (unpaired) electrons. The van der Waals surface area contributed by atoms with Gasteiger partial charge in [0.05, 0.1) is 30.2 Å². The van der Waals surface area contributed by atoms with Gasteiger partial charge in [0.1, 0.15) is 18.1 Å². The van der Waals surface area contributed by atoms with Gasteiger partial charge in [-0.25, -0.2) is 15.0 Å². The molecule has 2 aliphatic rings. The summed E-state index contributed by atoms with van der Waals surface area (Å²) in [7, 11) is 0. The summed E-state index contributed by atoms with van der Waals surface area (Å²) in [6, 6.07) is 3.97. The van der Waals surface area contributed by atoms with E-state index in [2.05, 4.69) is 34.9 Å². The summed E-state index contributed by atoms with van der Waals surface area (Å²) in [5.41, 5.74) is 2.49. The third kappa shape index (κ3) is 4.76. The molecule has 1 saturated carbocycles. The van der Waals surface area contributed by atoms with Crippen LogP contribution in [-0.2, 0) is 12.8 Å². The molecule has 194 valence electrons. The summed E-state index contributed by atoms with van der Waals surface area (Å²) >= 11 is 0. The van der Waals surface area contributed by atoms with Gasteiger partial charge in [-0.1, -0.05) is 0 Å². The summed E-state index contributed by atoms with van der Waals surface area (Å²) in [6.07, 6.45) is 5.67. The molecule has 1 aliphatic heterocycles. The number of alkyl halides is 3. The molecule has 4 aromatic rings. The lowest BCUT2D eigenvalue weighted by Gasteiger charge is -2.45. The van der Waals surface area contributed by atoms with Crippen LogP contribution in [0.25, 0.3) is 22.3 Å². The molecule has 4 aromatic heterocycles. The van der Waals surface area contributed by atoms with Gasteiger partial charge in [-0.05, 0) is 31.7 Å². The van der Waals surface area contributed by atoms with Crippen molar-refractivity contribution in [3.8, 4) is 17.1 Å². The molecule has 1 aliphatic carbocycles. The average molecular weight is 515 g/mol. The molecule has 2 fully saturated rings. The number of hydrogen-bond acceptors (Lipinski definition) is 8. The second-order valence-electron chi connectivity index (χ2n) is 9.48. The van der Waals surface area contributed by atoms with Crippen LogP contribution in [-0.4, -0.2) is 69.9 Å². The fourth-order valence-corrected chi connectivity index (χ4v) is 5.11. The number of piperidine rings is 1. The first kappa shape index (κ1) is 23.8. The van der Waals surface area contributed by atoms with Crippen LogP contribution >= 0.6 is 0 Å². The van der Waals surface area contributed by atoms with E-state index in [1.807, 2.05) is 29.3 Å². The number of nitrogens with one attached hydrogen (secondary N) is 1. The summed E-state index contributed by atoms with van der Waals surface area (Å²) in [6.45, 7) is 0.974. The van der Waals surface area contributed by atoms with Gasteiger partial charge in [0.15, 0.2) is 0 Å². The van der Waals surface area contributed by atoms with Gasteiger partial charge < -0.3 is 14.8 Å². The fraction of sp³-hybridized carbons (Fsp3) is 0.458. The van der Waals surface area contributed by atoms with Gasteiger partial charge in [0.2, 0.25) is 11.7 Å². The van der Waals surface area contributed by atoms with Crippen LogP contribution in [0, 0.1) is 0 Å². The van der Waals surface area contributed by atoms with Crippen LogP contribution in [0.4, 0.5) is 13.2 Å². The Hall–Kier alpha value is -3.58. The number of rotatable bonds is 6. The molecule has 2 N–H and O–H groups in total. The molecule has 0 amide bonds. The van der Waals surface area contributed by atoms with E-state index in [1.54, 1.807) is 6.33 Å². The van der Waals surface area contributed by atoms with Crippen LogP contribution in [0.3, 0.4) is 0 Å². The van der Waals surface area contributed by atoms with E-state index in [0.717, 1.165) is 48.2 Å². The highest BCUT2D eigenvalue weighted by Crippen LogP contribution is 2.38. The van der Waals surface area contributed by atoms with E-state index in [0.29, 0.717) is 24.9 Å². The minimum atomic E-state index is -4.70. The predicted octanol–water partition coefficient (Wildman–Crippen LogP) is 3.37. The molecular formula is C24H25F3N8O2. The predicted molar refractivity (Wildman–Crippen MR) is 125 cm³/mol. The zero-order chi connectivity index (χ0) is 25.6. The zero-order valence-corrected chi connectivity index (χ0v) is 19.8. The van der Waals surface area contributed by atoms with Crippen molar-refractivity contribution >= 4 is 11.0 Å². The standard InChI is InChI=1S/C24H25F3N8O2/c25-24(26,27)23-32-15(12-36)7-20(33-23)37-18-2-5-34(6-3-18)16-8-17(9-16)35-11-14(10-31-35)21-19-1-4-28-22(19)30-13-29-21/h1,4,7,10-11,13,16-18,36H,2-3,5-6,8-9,12H2,(H,28,29,30). The number of halogens is 3. The van der Waals surface area contributed by atoms with Crippen molar-refractivity contribution in [2.24, 2.45) is 0 Å². The molecule has 0 atom stereocenters. The first-order valence-electron chi connectivity index (χ1n) is 12.2. The maximum Gasteiger partial charge on any atom is 0.451 e. The Morgan fingerprint density at radius 3 is 2.68 bits per heavy atom. The molecule has 1 saturated heterocycles. The molecule has 13 heteroatoms. The van der Waals surface area contributed by atoms with Crippen LogP contribution < -0.4 is 4.74 Å². The number of ether oxygens (including phenoxy) is 1. The highest BCUT2D eigenvalue weighted by molar-refractivity contribution is 5.89. The highest BCUT2D eigenvalue weighted by Gasteiger charge is 2.38. The lowest BCUT2D eigenvalue weighted by molar-refractivity contribution is -0.145. The lowest BCUT2D eigenvalue weighted by atomic mass is 9.84. The number of aliphatic hydroxyl groups excluding tert-OH is 1. The highest BCUT2D eigenvalue weighted by atomic mass is 19.4. The van der Waals surface area contributed by atoms with Crippen LogP contribution in [0.5, 0.6) is 5.88 Å². The molecule has 6 rings (SSSR count). The van der Waals surface area contributed by atoms with Gasteiger partial charge in [0.25, 0.3) is 0 Å². The third-order valence-corrected chi connectivity index (χ3v) is 7.14. The number of fused-ring (bicyclic) bond motifs is 1. The van der Waals surface area contributed by atoms with Gasteiger partial charge >= 0.3 is 6.18 Å². The Kier molecular flexibility index (Phi) is 6.03. The van der Waals surface area contributed by atoms with Crippen molar-refractivity contribution < 1.29 is 23.0 Å². The third-order valence-electron chi connectivity index (χ3n) is 7.14. The molecular weight excluding hydrogens is 489 g/mol. The van der Waals surface area contributed by atoms with Gasteiger partial charge in [-0.15, -0.1) is 0 Å². The van der Waals surface area contributed by atoms with Crippen molar-refractivity contribution in [3.63, 3.8) is 0 Å². The topological polar surface area (TPSA) is 118 Å². The van der Waals surface area contributed by atoms with E-state index < -0.39 is 18.6 Å². The summed E-state index contributed by atoms with van der Waals surface area (Å²) in [5.74, 6) is -1.45. The monoisotopic (exact) mass is 514 g/mol. The van der Waals surface area contributed by atoms with Gasteiger partial charge in [-0.2, -0.15) is 23.3 Å². The van der Waals surface area contributed by atoms with Crippen molar-refractivity contribution in [3.05, 3.63) is 48.6 Å². The number of H-pyrrole nitrogens is 1. The van der Waals surface area contributed by atoms with E-state index in [1.165, 1.54) is 6.07 Å². The van der Waals surface area contributed by atoms with Crippen molar-refractivity contribution in [2.75, 3.05) is 13.1 Å². The quantitative estimate of drug-likeness (QED) is 0.402. The van der Waals surface area contributed by atoms with Crippen LogP contribution in [0.1, 0.15) is 43.2 Å². The number of hydrogen-bond donors (Lipinski definition) is 2. The maximum absolute atomic E-state index is 13.1. The largest absolute Gasteiger partial charge is 0.474 e. The second-order valence-corrected chi connectivity index (χ2v) is 9.48. The summed E-state index contributed by atoms with van der Waals surface area (Å²) in [5, 5.41) is 14.8. The maximum atomic E-state index is 13.1. The molecule has 0 bridgehead atoms. The van der Waals surface area contributed by atoms with Crippen LogP contribution in [0.15, 0.2) is 37.1 Å². The molecule has 37 heavy (non-hydrogen) atoms. The van der Waals surface area contributed by atoms with Gasteiger partial charge in [0, 0.05) is 48.5 Å². The molecule has 10 nitrogen and oxygen atoms in total. The summed E-state index contributed by atoms with van der Waals surface area (Å²) in [4.78, 5) is 21.0. The van der Waals surface area contributed by atoms with Crippen LogP contribution in [0.2, 0.25) is 0 Å². The second kappa shape index (κ2) is 9.38. The molecule has 0 unspecified atom stereocenters. The molecule has 5 heterocycles. The first-order valence-corrected chi connectivity index (χ1v) is 12.2. The molecule has 0 spiro atoms. The first-order chi connectivity index (χ1) is 17.9. The van der Waals surface area contributed by atoms with E-state index in [9.17, 15) is 18.3 Å². The zero-order valence-electron chi connectivity index (χ0n) is 19.8. The Bertz CT molecular complexity index is 1390. The van der Waals surface area contributed by atoms with Crippen molar-refractivity contribution in [1.29, 1.82) is 0 Å². The number of aliphatic hydroxyl groups is 1. The van der Waals surface area contributed by atoms with E-state index in [-0.39, 0.29) is 17.7 Å². The Morgan fingerprint density at radius 2 is 1.92 bits per heavy atom. The summed E-state index contributed by atoms with van der Waals surface area (Å²) < 4.78 is 46.9. The average Bonchev–Trinajstić information content (AvgIpc) is 3.53. The Labute approximate surface area is 209 Å². The van der Waals surface area contributed by atoms with Crippen molar-refractivity contribution in [1.82, 2.24) is 39.6 Å². The Balaban J connectivity index is 1.03. The smallest absolute Gasteiger partial charge is 0.451 e. The van der Waals surface area contributed by atoms with Crippen molar-refractivity contribution in [2.45, 2.75) is 56.7 Å². The minimum Gasteiger partial charge on any atom is -0.474 e. The number of aromatic nitrogens is 7. The molecule has 0 aromatic carbocycles. The number of aromatic amines is 1. The normalized spacial score (nSPS) is 21.3.